The molecule has 0 atom stereocenters. The first-order valence-electron chi connectivity index (χ1n) is 19.8. The summed E-state index contributed by atoms with van der Waals surface area (Å²) in [5.41, 5.74) is 14.3. The molecule has 1 aromatic heterocycles. The van der Waals surface area contributed by atoms with Crippen molar-refractivity contribution in [2.24, 2.45) is 0 Å². The lowest BCUT2D eigenvalue weighted by molar-refractivity contribution is 0.669. The van der Waals surface area contributed by atoms with E-state index in [1.807, 2.05) is 12.1 Å². The second kappa shape index (κ2) is 14.1. The Morgan fingerprint density at radius 2 is 0.879 bits per heavy atom. The predicted octanol–water partition coefficient (Wildman–Crippen LogP) is 16.0. The van der Waals surface area contributed by atoms with Gasteiger partial charge in [-0.2, -0.15) is 0 Å². The molecule has 2 heteroatoms. The highest BCUT2D eigenvalue weighted by Gasteiger charge is 2.21. The molecule has 0 fully saturated rings. The molecular weight excluding hydrogens is 703 g/mol. The summed E-state index contributed by atoms with van der Waals surface area (Å²) >= 11 is 0. The summed E-state index contributed by atoms with van der Waals surface area (Å²) in [5.74, 6) is 0. The van der Waals surface area contributed by atoms with E-state index in [1.165, 1.54) is 38.2 Å². The fourth-order valence-corrected chi connectivity index (χ4v) is 8.73. The van der Waals surface area contributed by atoms with E-state index in [0.29, 0.717) is 0 Å². The van der Waals surface area contributed by atoms with Crippen LogP contribution >= 0.6 is 0 Å². The summed E-state index contributed by atoms with van der Waals surface area (Å²) in [5, 5.41) is 7.23. The van der Waals surface area contributed by atoms with E-state index in [4.69, 9.17) is 4.42 Å². The maximum absolute atomic E-state index is 6.35. The van der Waals surface area contributed by atoms with Crippen molar-refractivity contribution in [2.45, 2.75) is 0 Å². The highest BCUT2D eigenvalue weighted by atomic mass is 16.3. The molecule has 2 nitrogen and oxygen atoms in total. The summed E-state index contributed by atoms with van der Waals surface area (Å²) in [4.78, 5) is 2.43. The van der Waals surface area contributed by atoms with Crippen molar-refractivity contribution in [1.82, 2.24) is 0 Å². The summed E-state index contributed by atoms with van der Waals surface area (Å²) in [6, 6.07) is 80.8. The lowest BCUT2D eigenvalue weighted by Crippen LogP contribution is -2.11. The van der Waals surface area contributed by atoms with Crippen molar-refractivity contribution in [3.8, 4) is 44.5 Å². The second-order valence-corrected chi connectivity index (χ2v) is 14.9. The lowest BCUT2D eigenvalue weighted by atomic mass is 9.91. The van der Waals surface area contributed by atoms with E-state index in [1.54, 1.807) is 0 Å². The molecule has 0 bridgehead atoms. The van der Waals surface area contributed by atoms with Crippen LogP contribution in [0.1, 0.15) is 0 Å². The number of fused-ring (bicyclic) bond motifs is 6. The van der Waals surface area contributed by atoms with Gasteiger partial charge in [-0.15, -0.1) is 0 Å². The quantitative estimate of drug-likeness (QED) is 0.151. The first-order chi connectivity index (χ1) is 28.8. The van der Waals surface area contributed by atoms with Crippen LogP contribution in [-0.4, -0.2) is 0 Å². The molecule has 0 radical (unpaired) electrons. The smallest absolute Gasteiger partial charge is 0.136 e. The predicted molar refractivity (Wildman–Crippen MR) is 245 cm³/mol. The summed E-state index contributed by atoms with van der Waals surface area (Å²) in [6.07, 6.45) is 0. The average molecular weight is 740 g/mol. The Labute approximate surface area is 337 Å². The van der Waals surface area contributed by atoms with Crippen LogP contribution in [0.5, 0.6) is 0 Å². The van der Waals surface area contributed by atoms with E-state index < -0.39 is 0 Å². The molecule has 0 amide bonds. The number of benzene rings is 10. The van der Waals surface area contributed by atoms with Gasteiger partial charge in [0.15, 0.2) is 0 Å². The Morgan fingerprint density at radius 3 is 1.69 bits per heavy atom. The molecule has 0 saturated carbocycles. The van der Waals surface area contributed by atoms with Crippen molar-refractivity contribution in [2.75, 3.05) is 4.90 Å². The van der Waals surface area contributed by atoms with Gasteiger partial charge in [-0.1, -0.05) is 176 Å². The molecule has 0 saturated heterocycles. The van der Waals surface area contributed by atoms with E-state index >= 15 is 0 Å². The van der Waals surface area contributed by atoms with Crippen LogP contribution in [0.15, 0.2) is 229 Å². The number of hydrogen-bond acceptors (Lipinski definition) is 2. The van der Waals surface area contributed by atoms with Gasteiger partial charge < -0.3 is 9.32 Å². The Morgan fingerprint density at radius 1 is 0.293 bits per heavy atom. The Kier molecular flexibility index (Phi) is 8.19. The molecule has 0 aliphatic rings. The van der Waals surface area contributed by atoms with Crippen molar-refractivity contribution < 1.29 is 4.42 Å². The topological polar surface area (TPSA) is 16.4 Å². The van der Waals surface area contributed by atoms with Gasteiger partial charge in [0.05, 0.1) is 5.69 Å². The standard InChI is InChI=1S/C56H37NO/c1-3-15-38(16-4-1)39-29-32-44(33-30-39)57(45-21-13-20-41(35-45)48-26-14-28-55-56(48)51-25-11-12-27-54(51)58-55)53-37-43(31-34-47(53)40-17-5-2-6-18-40)52-36-42-19-7-8-22-46(42)49-23-9-10-24-50(49)52/h1-37H. The first kappa shape index (κ1) is 33.6. The molecule has 0 unspecified atom stereocenters. The molecule has 0 N–H and O–H groups in total. The van der Waals surface area contributed by atoms with Gasteiger partial charge >= 0.3 is 0 Å². The third-order valence-corrected chi connectivity index (χ3v) is 11.5. The SMILES string of the molecule is c1ccc(-c2ccc(N(c3cccc(-c4cccc5oc6ccccc6c45)c3)c3cc(-c4cc5ccccc5c5ccccc45)ccc3-c3ccccc3)cc2)cc1. The van der Waals surface area contributed by atoms with Gasteiger partial charge in [0.2, 0.25) is 0 Å². The van der Waals surface area contributed by atoms with E-state index in [0.717, 1.165) is 66.8 Å². The largest absolute Gasteiger partial charge is 0.456 e. The van der Waals surface area contributed by atoms with Crippen LogP contribution in [0.3, 0.4) is 0 Å². The third kappa shape index (κ3) is 5.82. The Bertz CT molecular complexity index is 3270. The second-order valence-electron chi connectivity index (χ2n) is 14.9. The maximum atomic E-state index is 6.35. The van der Waals surface area contributed by atoms with E-state index in [2.05, 4.69) is 217 Å². The molecule has 0 aliphatic carbocycles. The van der Waals surface area contributed by atoms with Crippen LogP contribution in [0.4, 0.5) is 17.1 Å². The normalized spacial score (nSPS) is 11.4. The van der Waals surface area contributed by atoms with Gasteiger partial charge in [0.25, 0.3) is 0 Å². The number of nitrogens with zero attached hydrogens (tertiary/aromatic N) is 1. The van der Waals surface area contributed by atoms with E-state index in [-0.39, 0.29) is 0 Å². The van der Waals surface area contributed by atoms with Crippen molar-refractivity contribution in [1.29, 1.82) is 0 Å². The van der Waals surface area contributed by atoms with Crippen molar-refractivity contribution in [3.63, 3.8) is 0 Å². The summed E-state index contributed by atoms with van der Waals surface area (Å²) in [6.45, 7) is 0. The van der Waals surface area contributed by atoms with Gasteiger partial charge in [0, 0.05) is 27.7 Å². The van der Waals surface area contributed by atoms with Crippen molar-refractivity contribution in [3.05, 3.63) is 224 Å². The van der Waals surface area contributed by atoms with Gasteiger partial charge in [-0.3, -0.25) is 0 Å². The number of anilines is 3. The molecule has 10 aromatic carbocycles. The summed E-state index contributed by atoms with van der Waals surface area (Å²) in [7, 11) is 0. The Hall–Kier alpha value is -7.68. The molecular formula is C56H37NO. The molecule has 11 aromatic rings. The van der Waals surface area contributed by atoms with Crippen LogP contribution in [0, 0.1) is 0 Å². The maximum Gasteiger partial charge on any atom is 0.136 e. The zero-order valence-corrected chi connectivity index (χ0v) is 31.7. The highest BCUT2D eigenvalue weighted by molar-refractivity contribution is 6.15. The minimum absolute atomic E-state index is 0.888. The molecule has 11 rings (SSSR count). The molecule has 58 heavy (non-hydrogen) atoms. The molecule has 272 valence electrons. The summed E-state index contributed by atoms with van der Waals surface area (Å²) < 4.78 is 6.35. The molecule has 0 aliphatic heterocycles. The van der Waals surface area contributed by atoms with E-state index in [9.17, 15) is 0 Å². The first-order valence-corrected chi connectivity index (χ1v) is 19.8. The zero-order valence-electron chi connectivity index (χ0n) is 31.7. The lowest BCUT2D eigenvalue weighted by Gasteiger charge is -2.29. The minimum Gasteiger partial charge on any atom is -0.456 e. The minimum atomic E-state index is 0.888. The molecule has 1 heterocycles. The van der Waals surface area contributed by atoms with Gasteiger partial charge in [0.1, 0.15) is 11.2 Å². The number of furan rings is 1. The monoisotopic (exact) mass is 739 g/mol. The van der Waals surface area contributed by atoms with Gasteiger partial charge in [-0.25, -0.2) is 0 Å². The fourth-order valence-electron chi connectivity index (χ4n) is 8.73. The number of rotatable bonds is 7. The highest BCUT2D eigenvalue weighted by Crippen LogP contribution is 2.46. The number of para-hydroxylation sites is 1. The van der Waals surface area contributed by atoms with Crippen LogP contribution in [0.25, 0.3) is 88.0 Å². The third-order valence-electron chi connectivity index (χ3n) is 11.5. The number of hydrogen-bond donors (Lipinski definition) is 0. The average Bonchev–Trinajstić information content (AvgIpc) is 3.69. The zero-order chi connectivity index (χ0) is 38.4. The fraction of sp³-hybridized carbons (Fsp3) is 0. The van der Waals surface area contributed by atoms with Crippen molar-refractivity contribution >= 4 is 60.5 Å². The van der Waals surface area contributed by atoms with Gasteiger partial charge in [-0.05, 0) is 109 Å². The van der Waals surface area contributed by atoms with Crippen LogP contribution in [-0.2, 0) is 0 Å². The van der Waals surface area contributed by atoms with Crippen LogP contribution < -0.4 is 4.90 Å². The molecule has 0 spiro atoms. The van der Waals surface area contributed by atoms with Crippen LogP contribution in [0.2, 0.25) is 0 Å². The Balaban J connectivity index is 1.16.